The van der Waals surface area contributed by atoms with Crippen LogP contribution >= 0.6 is 11.6 Å². The lowest BCUT2D eigenvalue weighted by Gasteiger charge is -2.16. The van der Waals surface area contributed by atoms with Crippen molar-refractivity contribution in [1.82, 2.24) is 5.32 Å². The first kappa shape index (κ1) is 15.3. The maximum atomic E-state index is 14.0. The fourth-order valence-corrected chi connectivity index (χ4v) is 3.16. The van der Waals surface area contributed by atoms with Gasteiger partial charge in [-0.1, -0.05) is 29.8 Å². The van der Waals surface area contributed by atoms with E-state index in [2.05, 4.69) is 16.7 Å². The number of aryl methyl sites for hydroxylation is 1. The van der Waals surface area contributed by atoms with E-state index in [1.807, 2.05) is 25.1 Å². The van der Waals surface area contributed by atoms with Gasteiger partial charge in [-0.05, 0) is 61.7 Å². The van der Waals surface area contributed by atoms with E-state index in [4.69, 9.17) is 11.6 Å². The van der Waals surface area contributed by atoms with Gasteiger partial charge in [0.15, 0.2) is 0 Å². The Morgan fingerprint density at radius 1 is 1.18 bits per heavy atom. The number of hydrogen-bond donors (Lipinski definition) is 2. The monoisotopic (exact) mass is 318 g/mol. The molecule has 0 atom stereocenters. The third kappa shape index (κ3) is 3.26. The quantitative estimate of drug-likeness (QED) is 0.890. The van der Waals surface area contributed by atoms with Gasteiger partial charge in [-0.15, -0.1) is 0 Å². The number of anilines is 1. The van der Waals surface area contributed by atoms with Crippen LogP contribution in [0.2, 0.25) is 5.02 Å². The number of fused-ring (bicyclic) bond motifs is 1. The van der Waals surface area contributed by atoms with Crippen LogP contribution in [0.15, 0.2) is 30.3 Å². The number of rotatable bonds is 3. The molecule has 0 radical (unpaired) electrons. The van der Waals surface area contributed by atoms with E-state index >= 15 is 0 Å². The summed E-state index contributed by atoms with van der Waals surface area (Å²) >= 11 is 6.37. The predicted molar refractivity (Wildman–Crippen MR) is 90.2 cm³/mol. The molecule has 2 nitrogen and oxygen atoms in total. The summed E-state index contributed by atoms with van der Waals surface area (Å²) in [6, 6.07) is 9.35. The van der Waals surface area contributed by atoms with Crippen LogP contribution in [-0.4, -0.2) is 13.1 Å². The van der Waals surface area contributed by atoms with E-state index in [-0.39, 0.29) is 5.82 Å². The summed E-state index contributed by atoms with van der Waals surface area (Å²) in [5.74, 6) is -0.174. The van der Waals surface area contributed by atoms with Gasteiger partial charge in [0.1, 0.15) is 5.82 Å². The van der Waals surface area contributed by atoms with Crippen LogP contribution in [0.3, 0.4) is 0 Å². The molecule has 116 valence electrons. The molecule has 0 aromatic heterocycles. The lowest BCUT2D eigenvalue weighted by atomic mass is 10.0. The van der Waals surface area contributed by atoms with E-state index in [1.54, 1.807) is 6.07 Å². The topological polar surface area (TPSA) is 24.1 Å². The average molecular weight is 319 g/mol. The molecule has 0 unspecified atom stereocenters. The Morgan fingerprint density at radius 2 is 2.00 bits per heavy atom. The van der Waals surface area contributed by atoms with Gasteiger partial charge in [0.2, 0.25) is 0 Å². The lowest BCUT2D eigenvalue weighted by Crippen LogP contribution is -2.16. The summed E-state index contributed by atoms with van der Waals surface area (Å²) in [5.41, 5.74) is 5.11. The van der Waals surface area contributed by atoms with Gasteiger partial charge in [0, 0.05) is 12.1 Å². The first-order valence-corrected chi connectivity index (χ1v) is 8.03. The molecular weight excluding hydrogens is 299 g/mol. The Labute approximate surface area is 135 Å². The molecule has 0 fully saturated rings. The normalized spacial score (nSPS) is 14.3. The highest BCUT2D eigenvalue weighted by atomic mass is 35.5. The van der Waals surface area contributed by atoms with Crippen molar-refractivity contribution in [3.63, 3.8) is 0 Å². The molecule has 1 heterocycles. The minimum absolute atomic E-state index is 0.174. The van der Waals surface area contributed by atoms with E-state index in [9.17, 15) is 4.39 Å². The summed E-state index contributed by atoms with van der Waals surface area (Å²) in [5, 5.41) is 7.45. The van der Waals surface area contributed by atoms with Crippen molar-refractivity contribution in [1.29, 1.82) is 0 Å². The fraction of sp³-hybridized carbons (Fsp3) is 0.333. The molecule has 0 bridgehead atoms. The van der Waals surface area contributed by atoms with Crippen molar-refractivity contribution in [2.45, 2.75) is 26.3 Å². The molecule has 4 heteroatoms. The average Bonchev–Trinajstić information content (AvgIpc) is 2.73. The van der Waals surface area contributed by atoms with Crippen LogP contribution < -0.4 is 10.6 Å². The van der Waals surface area contributed by atoms with Gasteiger partial charge in [0.25, 0.3) is 0 Å². The first-order chi connectivity index (χ1) is 10.6. The minimum Gasteiger partial charge on any atom is -0.379 e. The molecule has 22 heavy (non-hydrogen) atoms. The first-order valence-electron chi connectivity index (χ1n) is 7.65. The second kappa shape index (κ2) is 6.67. The van der Waals surface area contributed by atoms with Crippen molar-refractivity contribution >= 4 is 17.3 Å². The van der Waals surface area contributed by atoms with Gasteiger partial charge >= 0.3 is 0 Å². The second-order valence-corrected chi connectivity index (χ2v) is 6.17. The second-order valence-electron chi connectivity index (χ2n) is 5.76. The largest absolute Gasteiger partial charge is 0.379 e. The van der Waals surface area contributed by atoms with E-state index < -0.39 is 0 Å². The Morgan fingerprint density at radius 3 is 2.82 bits per heavy atom. The highest BCUT2D eigenvalue weighted by molar-refractivity contribution is 6.33. The molecule has 3 rings (SSSR count). The number of benzene rings is 2. The molecule has 0 aliphatic carbocycles. The lowest BCUT2D eigenvalue weighted by molar-refractivity contribution is 0.611. The van der Waals surface area contributed by atoms with E-state index in [0.29, 0.717) is 17.1 Å². The van der Waals surface area contributed by atoms with Gasteiger partial charge in [-0.25, -0.2) is 4.39 Å². The Balaban J connectivity index is 1.85. The van der Waals surface area contributed by atoms with Crippen LogP contribution in [0.25, 0.3) is 0 Å². The highest BCUT2D eigenvalue weighted by Gasteiger charge is 2.15. The predicted octanol–water partition coefficient (Wildman–Crippen LogP) is 4.09. The van der Waals surface area contributed by atoms with Gasteiger partial charge < -0.3 is 10.6 Å². The summed E-state index contributed by atoms with van der Waals surface area (Å²) in [4.78, 5) is 0. The molecule has 0 spiro atoms. The van der Waals surface area contributed by atoms with Crippen LogP contribution in [0.5, 0.6) is 0 Å². The third-order valence-electron chi connectivity index (χ3n) is 4.15. The molecule has 2 aromatic carbocycles. The van der Waals surface area contributed by atoms with Crippen molar-refractivity contribution in [2.24, 2.45) is 0 Å². The Bertz CT molecular complexity index is 685. The molecule has 0 saturated heterocycles. The molecule has 2 N–H and O–H groups in total. The van der Waals surface area contributed by atoms with Gasteiger partial charge in [-0.2, -0.15) is 0 Å². The van der Waals surface area contributed by atoms with Crippen molar-refractivity contribution < 1.29 is 4.39 Å². The van der Waals surface area contributed by atoms with Gasteiger partial charge in [-0.3, -0.25) is 0 Å². The number of nitrogens with one attached hydrogen (secondary N) is 2. The van der Waals surface area contributed by atoms with Crippen LogP contribution in [-0.2, 0) is 19.4 Å². The maximum Gasteiger partial charge on any atom is 0.128 e. The summed E-state index contributed by atoms with van der Waals surface area (Å²) in [6.07, 6.45) is 1.94. The molecule has 1 aliphatic rings. The Hall–Kier alpha value is -1.58. The number of hydrogen-bond acceptors (Lipinski definition) is 2. The zero-order valence-corrected chi connectivity index (χ0v) is 13.4. The fourth-order valence-electron chi connectivity index (χ4n) is 2.91. The van der Waals surface area contributed by atoms with Crippen molar-refractivity contribution in [3.05, 3.63) is 63.4 Å². The molecule has 2 aromatic rings. The minimum atomic E-state index is -0.174. The Kier molecular flexibility index (Phi) is 4.65. The SMILES string of the molecule is Cc1ccc(CNc2c(Cl)ccc3c2CCNCC3)c(F)c1. The van der Waals surface area contributed by atoms with E-state index in [0.717, 1.165) is 37.2 Å². The third-order valence-corrected chi connectivity index (χ3v) is 4.46. The smallest absolute Gasteiger partial charge is 0.128 e. The summed E-state index contributed by atoms with van der Waals surface area (Å²) < 4.78 is 14.0. The summed E-state index contributed by atoms with van der Waals surface area (Å²) in [6.45, 7) is 4.26. The summed E-state index contributed by atoms with van der Waals surface area (Å²) in [7, 11) is 0. The number of halogens is 2. The zero-order chi connectivity index (χ0) is 15.5. The van der Waals surface area contributed by atoms with Crippen LogP contribution in [0.1, 0.15) is 22.3 Å². The van der Waals surface area contributed by atoms with Crippen molar-refractivity contribution in [3.8, 4) is 0 Å². The molecule has 0 saturated carbocycles. The standard InChI is InChI=1S/C18H20ClFN2/c1-12-2-3-14(17(20)10-12)11-22-18-15-7-9-21-8-6-13(15)4-5-16(18)19/h2-5,10,21-22H,6-9,11H2,1H3. The zero-order valence-electron chi connectivity index (χ0n) is 12.7. The van der Waals surface area contributed by atoms with Crippen molar-refractivity contribution in [2.75, 3.05) is 18.4 Å². The molecule has 0 amide bonds. The van der Waals surface area contributed by atoms with Gasteiger partial charge in [0.05, 0.1) is 10.7 Å². The van der Waals surface area contributed by atoms with Crippen LogP contribution in [0, 0.1) is 12.7 Å². The van der Waals surface area contributed by atoms with E-state index in [1.165, 1.54) is 11.1 Å². The van der Waals surface area contributed by atoms with Crippen LogP contribution in [0.4, 0.5) is 10.1 Å². The highest BCUT2D eigenvalue weighted by Crippen LogP contribution is 2.31. The molecule has 1 aliphatic heterocycles. The molecular formula is C18H20ClFN2. The maximum absolute atomic E-state index is 14.0.